The maximum absolute atomic E-state index is 11.5. The highest BCUT2D eigenvalue weighted by Crippen LogP contribution is 2.17. The van der Waals surface area contributed by atoms with E-state index in [0.717, 1.165) is 28.1 Å². The lowest BCUT2D eigenvalue weighted by Gasteiger charge is -2.05. The molecule has 1 aliphatic rings. The van der Waals surface area contributed by atoms with Crippen molar-refractivity contribution in [2.24, 2.45) is 5.10 Å². The van der Waals surface area contributed by atoms with E-state index in [1.54, 1.807) is 6.07 Å². The van der Waals surface area contributed by atoms with Crippen LogP contribution < -0.4 is 10.2 Å². The van der Waals surface area contributed by atoms with Crippen molar-refractivity contribution in [3.63, 3.8) is 0 Å². The number of hydrogen-bond donors (Lipinski definition) is 1. The van der Waals surface area contributed by atoms with Crippen LogP contribution in [0.3, 0.4) is 0 Å². The summed E-state index contributed by atoms with van der Waals surface area (Å²) < 4.78 is 6.27. The van der Waals surface area contributed by atoms with Crippen LogP contribution in [0.15, 0.2) is 33.8 Å². The van der Waals surface area contributed by atoms with Crippen LogP contribution in [-0.2, 0) is 4.79 Å². The fraction of sp³-hybridized carbons (Fsp3) is 0.333. The summed E-state index contributed by atoms with van der Waals surface area (Å²) in [7, 11) is 0. The average molecular weight is 329 g/mol. The van der Waals surface area contributed by atoms with Crippen LogP contribution in [-0.4, -0.2) is 29.7 Å². The number of nitrogens with zero attached hydrogens (tertiary/aromatic N) is 1. The summed E-state index contributed by atoms with van der Waals surface area (Å²) in [6, 6.07) is 7.37. The van der Waals surface area contributed by atoms with E-state index < -0.39 is 0 Å². The lowest BCUT2D eigenvalue weighted by atomic mass is 10.3. The molecule has 18 heavy (non-hydrogen) atoms. The third kappa shape index (κ3) is 4.34. The van der Waals surface area contributed by atoms with Gasteiger partial charge in [0.1, 0.15) is 5.75 Å². The highest BCUT2D eigenvalue weighted by Gasteiger charge is 2.09. The monoisotopic (exact) mass is 328 g/mol. The molecule has 0 bridgehead atoms. The first-order valence-corrected chi connectivity index (χ1v) is 7.49. The van der Waals surface area contributed by atoms with Gasteiger partial charge in [-0.25, -0.2) is 5.43 Å². The van der Waals surface area contributed by atoms with Gasteiger partial charge in [-0.1, -0.05) is 22.0 Å². The Kier molecular flexibility index (Phi) is 5.07. The number of nitrogens with one attached hydrogen (secondary N) is 1. The van der Waals surface area contributed by atoms with E-state index in [1.165, 1.54) is 0 Å². The number of rotatable bonds is 4. The number of carbonyl (C=O) groups is 1. The number of hydrazone groups is 1. The van der Waals surface area contributed by atoms with Crippen LogP contribution in [0.2, 0.25) is 0 Å². The molecule has 0 spiro atoms. The molecular formula is C12H13BrN2O2S. The Hall–Kier alpha value is -1.01. The van der Waals surface area contributed by atoms with Crippen molar-refractivity contribution < 1.29 is 9.53 Å². The molecule has 0 aliphatic carbocycles. The summed E-state index contributed by atoms with van der Waals surface area (Å²) in [5, 5.41) is 4.06. The molecule has 1 aromatic rings. The van der Waals surface area contributed by atoms with Crippen molar-refractivity contribution in [2.45, 2.75) is 6.42 Å². The molecule has 96 valence electrons. The summed E-state index contributed by atoms with van der Waals surface area (Å²) in [4.78, 5) is 11.5. The van der Waals surface area contributed by atoms with Gasteiger partial charge < -0.3 is 4.74 Å². The van der Waals surface area contributed by atoms with E-state index in [1.807, 2.05) is 30.0 Å². The number of thioether (sulfide) groups is 1. The van der Waals surface area contributed by atoms with Gasteiger partial charge in [0, 0.05) is 15.9 Å². The summed E-state index contributed by atoms with van der Waals surface area (Å²) in [6.45, 7) is -0.0274. The Morgan fingerprint density at radius 3 is 3.17 bits per heavy atom. The molecule has 0 aromatic heterocycles. The fourth-order valence-corrected chi connectivity index (χ4v) is 2.77. The van der Waals surface area contributed by atoms with E-state index in [9.17, 15) is 4.79 Å². The Morgan fingerprint density at radius 2 is 2.44 bits per heavy atom. The molecule has 1 N–H and O–H groups in total. The maximum atomic E-state index is 11.5. The molecule has 1 fully saturated rings. The Bertz CT molecular complexity index is 457. The van der Waals surface area contributed by atoms with Crippen molar-refractivity contribution in [3.8, 4) is 5.75 Å². The molecular weight excluding hydrogens is 316 g/mol. The zero-order valence-electron chi connectivity index (χ0n) is 9.69. The highest BCUT2D eigenvalue weighted by molar-refractivity contribution is 9.10. The van der Waals surface area contributed by atoms with Crippen LogP contribution in [0.5, 0.6) is 5.75 Å². The smallest absolute Gasteiger partial charge is 0.277 e. The standard InChI is InChI=1S/C12H13BrN2O2S/c13-9-2-1-3-11(6-9)17-7-12(16)15-14-10-4-5-18-8-10/h1-3,6H,4-5,7-8H2,(H,15,16)/b14-10-. The second-order valence-corrected chi connectivity index (χ2v) is 5.78. The zero-order valence-corrected chi connectivity index (χ0v) is 12.1. The van der Waals surface area contributed by atoms with Gasteiger partial charge in [-0.05, 0) is 30.4 Å². The summed E-state index contributed by atoms with van der Waals surface area (Å²) >= 11 is 5.17. The Morgan fingerprint density at radius 1 is 1.56 bits per heavy atom. The number of halogens is 1. The van der Waals surface area contributed by atoms with Crippen molar-refractivity contribution in [3.05, 3.63) is 28.7 Å². The first kappa shape index (κ1) is 13.4. The summed E-state index contributed by atoms with van der Waals surface area (Å²) in [5.74, 6) is 2.42. The van der Waals surface area contributed by atoms with Gasteiger partial charge in [0.05, 0.1) is 0 Å². The van der Waals surface area contributed by atoms with Crippen molar-refractivity contribution in [2.75, 3.05) is 18.1 Å². The van der Waals surface area contributed by atoms with E-state index in [4.69, 9.17) is 4.74 Å². The van der Waals surface area contributed by atoms with Gasteiger partial charge >= 0.3 is 0 Å². The number of carbonyl (C=O) groups excluding carboxylic acids is 1. The lowest BCUT2D eigenvalue weighted by Crippen LogP contribution is -2.25. The van der Waals surface area contributed by atoms with E-state index in [0.29, 0.717) is 5.75 Å². The summed E-state index contributed by atoms with van der Waals surface area (Å²) in [6.07, 6.45) is 0.956. The molecule has 6 heteroatoms. The largest absolute Gasteiger partial charge is 0.484 e. The first-order chi connectivity index (χ1) is 8.74. The Balaban J connectivity index is 1.76. The third-order valence-corrected chi connectivity index (χ3v) is 3.83. The van der Waals surface area contributed by atoms with E-state index in [-0.39, 0.29) is 12.5 Å². The van der Waals surface area contributed by atoms with Gasteiger partial charge in [0.15, 0.2) is 6.61 Å². The van der Waals surface area contributed by atoms with Gasteiger partial charge in [0.25, 0.3) is 5.91 Å². The quantitative estimate of drug-likeness (QED) is 0.863. The van der Waals surface area contributed by atoms with Gasteiger partial charge in [-0.3, -0.25) is 4.79 Å². The first-order valence-electron chi connectivity index (χ1n) is 5.54. The molecule has 2 rings (SSSR count). The molecule has 4 nitrogen and oxygen atoms in total. The number of amides is 1. The predicted molar refractivity (Wildman–Crippen MR) is 77.2 cm³/mol. The van der Waals surface area contributed by atoms with Crippen molar-refractivity contribution in [1.82, 2.24) is 5.43 Å². The van der Waals surface area contributed by atoms with Crippen LogP contribution in [0, 0.1) is 0 Å². The molecule has 1 aromatic carbocycles. The summed E-state index contributed by atoms with van der Waals surface area (Å²) in [5.41, 5.74) is 3.55. The van der Waals surface area contributed by atoms with Crippen molar-refractivity contribution in [1.29, 1.82) is 0 Å². The SMILES string of the molecule is O=C(COc1cccc(Br)c1)N/N=C1/CCSC1. The van der Waals surface area contributed by atoms with Gasteiger partial charge in [0.2, 0.25) is 0 Å². The van der Waals surface area contributed by atoms with E-state index in [2.05, 4.69) is 26.5 Å². The topological polar surface area (TPSA) is 50.7 Å². The molecule has 1 amide bonds. The van der Waals surface area contributed by atoms with Crippen LogP contribution in [0.25, 0.3) is 0 Å². The lowest BCUT2D eigenvalue weighted by molar-refractivity contribution is -0.123. The fourth-order valence-electron chi connectivity index (χ4n) is 1.42. The maximum Gasteiger partial charge on any atom is 0.277 e. The second-order valence-electron chi connectivity index (χ2n) is 3.76. The number of benzene rings is 1. The predicted octanol–water partition coefficient (Wildman–Crippen LogP) is 2.44. The highest BCUT2D eigenvalue weighted by atomic mass is 79.9. The van der Waals surface area contributed by atoms with Gasteiger partial charge in [-0.2, -0.15) is 16.9 Å². The molecule has 0 saturated carbocycles. The minimum Gasteiger partial charge on any atom is -0.484 e. The third-order valence-electron chi connectivity index (χ3n) is 2.31. The minimum atomic E-state index is -0.237. The Labute approximate surface area is 118 Å². The molecule has 0 atom stereocenters. The van der Waals surface area contributed by atoms with Gasteiger partial charge in [-0.15, -0.1) is 0 Å². The molecule has 1 aliphatic heterocycles. The molecule has 0 unspecified atom stereocenters. The molecule has 1 saturated heterocycles. The minimum absolute atomic E-state index is 0.0274. The zero-order chi connectivity index (χ0) is 12.8. The number of ether oxygens (including phenoxy) is 1. The van der Waals surface area contributed by atoms with Crippen LogP contribution >= 0.6 is 27.7 Å². The second kappa shape index (κ2) is 6.80. The molecule has 0 radical (unpaired) electrons. The normalized spacial score (nSPS) is 16.8. The van der Waals surface area contributed by atoms with E-state index >= 15 is 0 Å². The average Bonchev–Trinajstić information content (AvgIpc) is 2.87. The van der Waals surface area contributed by atoms with Crippen LogP contribution in [0.1, 0.15) is 6.42 Å². The van der Waals surface area contributed by atoms with Crippen LogP contribution in [0.4, 0.5) is 0 Å². The van der Waals surface area contributed by atoms with Crippen molar-refractivity contribution >= 4 is 39.3 Å². The number of hydrogen-bond acceptors (Lipinski definition) is 4. The molecule has 1 heterocycles.